The van der Waals surface area contributed by atoms with Crippen LogP contribution in [0.1, 0.15) is 29.6 Å². The minimum Gasteiger partial charge on any atom is -0.398 e. The van der Waals surface area contributed by atoms with E-state index in [4.69, 9.17) is 10.8 Å². The fraction of sp³-hybridized carbons (Fsp3) is 0.500. The van der Waals surface area contributed by atoms with E-state index in [1.807, 2.05) is 11.0 Å². The van der Waals surface area contributed by atoms with Gasteiger partial charge in [-0.25, -0.2) is 0 Å². The van der Waals surface area contributed by atoms with E-state index in [0.717, 1.165) is 36.8 Å². The van der Waals surface area contributed by atoms with Crippen molar-refractivity contribution >= 4 is 27.5 Å². The molecule has 1 heterocycles. The number of nitrogens with zero attached hydrogens (tertiary/aromatic N) is 1. The van der Waals surface area contributed by atoms with Gasteiger partial charge in [0.15, 0.2) is 0 Å². The molecule has 1 amide bonds. The van der Waals surface area contributed by atoms with E-state index >= 15 is 0 Å². The molecule has 1 saturated heterocycles. The van der Waals surface area contributed by atoms with Crippen LogP contribution in [0, 0.1) is 5.92 Å². The van der Waals surface area contributed by atoms with Gasteiger partial charge in [0, 0.05) is 29.9 Å². The van der Waals surface area contributed by atoms with Crippen molar-refractivity contribution in [3.63, 3.8) is 0 Å². The summed E-state index contributed by atoms with van der Waals surface area (Å²) in [5.41, 5.74) is 6.97. The third kappa shape index (κ3) is 3.48. The molecule has 4 nitrogen and oxygen atoms in total. The molecular weight excluding hydrogens is 308 g/mol. The molecule has 0 spiro atoms. The van der Waals surface area contributed by atoms with Gasteiger partial charge in [0.05, 0.1) is 5.56 Å². The standard InChI is InChI=1S/C14H19BrN2O2/c15-11-3-4-12(13(16)8-11)14(19)17-6-1-2-10(9-17)5-7-18/h3-4,8,10,18H,1-2,5-7,9,16H2. The number of hydrogen-bond donors (Lipinski definition) is 2. The molecule has 1 atom stereocenters. The quantitative estimate of drug-likeness (QED) is 0.837. The van der Waals surface area contributed by atoms with E-state index in [2.05, 4.69) is 15.9 Å². The first-order chi connectivity index (χ1) is 9.11. The van der Waals surface area contributed by atoms with Crippen molar-refractivity contribution in [2.24, 2.45) is 5.92 Å². The average molecular weight is 327 g/mol. The lowest BCUT2D eigenvalue weighted by molar-refractivity contribution is 0.0654. The van der Waals surface area contributed by atoms with Crippen LogP contribution < -0.4 is 5.73 Å². The van der Waals surface area contributed by atoms with Gasteiger partial charge in [0.1, 0.15) is 0 Å². The topological polar surface area (TPSA) is 66.6 Å². The van der Waals surface area contributed by atoms with Gasteiger partial charge in [-0.1, -0.05) is 15.9 Å². The molecule has 3 N–H and O–H groups in total. The van der Waals surface area contributed by atoms with Gasteiger partial charge in [-0.3, -0.25) is 4.79 Å². The Balaban J connectivity index is 2.10. The number of amides is 1. The SMILES string of the molecule is Nc1cc(Br)ccc1C(=O)N1CCCC(CCO)C1. The fourth-order valence-electron chi connectivity index (χ4n) is 2.57. The summed E-state index contributed by atoms with van der Waals surface area (Å²) in [6.07, 6.45) is 2.84. The molecular formula is C14H19BrN2O2. The summed E-state index contributed by atoms with van der Waals surface area (Å²) in [4.78, 5) is 14.3. The fourth-order valence-corrected chi connectivity index (χ4v) is 2.95. The summed E-state index contributed by atoms with van der Waals surface area (Å²) in [7, 11) is 0. The van der Waals surface area contributed by atoms with Crippen molar-refractivity contribution in [1.82, 2.24) is 4.90 Å². The predicted molar refractivity (Wildman–Crippen MR) is 78.9 cm³/mol. The van der Waals surface area contributed by atoms with Crippen LogP contribution in [-0.4, -0.2) is 35.6 Å². The predicted octanol–water partition coefficient (Wildman–Crippen LogP) is 2.27. The van der Waals surface area contributed by atoms with Gasteiger partial charge in [-0.15, -0.1) is 0 Å². The minimum atomic E-state index is -0.00682. The van der Waals surface area contributed by atoms with Crippen LogP contribution in [0.25, 0.3) is 0 Å². The Labute approximate surface area is 121 Å². The number of piperidine rings is 1. The number of nitrogen functional groups attached to an aromatic ring is 1. The number of benzene rings is 1. The summed E-state index contributed by atoms with van der Waals surface area (Å²) >= 11 is 3.34. The molecule has 0 aliphatic carbocycles. The summed E-state index contributed by atoms with van der Waals surface area (Å²) in [5.74, 6) is 0.395. The number of halogens is 1. The van der Waals surface area contributed by atoms with Crippen molar-refractivity contribution < 1.29 is 9.90 Å². The third-order valence-corrected chi connectivity index (χ3v) is 4.08. The number of carbonyl (C=O) groups is 1. The molecule has 1 aliphatic rings. The van der Waals surface area contributed by atoms with Gasteiger partial charge in [-0.05, 0) is 43.4 Å². The lowest BCUT2D eigenvalue weighted by Crippen LogP contribution is -2.40. The Morgan fingerprint density at radius 1 is 1.53 bits per heavy atom. The monoisotopic (exact) mass is 326 g/mol. The van der Waals surface area contributed by atoms with Gasteiger partial charge >= 0.3 is 0 Å². The lowest BCUT2D eigenvalue weighted by atomic mass is 9.94. The molecule has 1 aliphatic heterocycles. The second kappa shape index (κ2) is 6.39. The van der Waals surface area contributed by atoms with E-state index < -0.39 is 0 Å². The van der Waals surface area contributed by atoms with Crippen molar-refractivity contribution in [3.05, 3.63) is 28.2 Å². The van der Waals surface area contributed by atoms with Crippen molar-refractivity contribution in [1.29, 1.82) is 0 Å². The lowest BCUT2D eigenvalue weighted by Gasteiger charge is -2.32. The Morgan fingerprint density at radius 3 is 3.00 bits per heavy atom. The molecule has 1 unspecified atom stereocenters. The summed E-state index contributed by atoms with van der Waals surface area (Å²) in [6.45, 7) is 1.68. The maximum Gasteiger partial charge on any atom is 0.255 e. The van der Waals surface area contributed by atoms with Gasteiger partial charge in [0.2, 0.25) is 0 Å². The van der Waals surface area contributed by atoms with Crippen LogP contribution in [0.2, 0.25) is 0 Å². The van der Waals surface area contributed by atoms with Gasteiger partial charge in [0.25, 0.3) is 5.91 Å². The van der Waals surface area contributed by atoms with Crippen molar-refractivity contribution in [2.45, 2.75) is 19.3 Å². The van der Waals surface area contributed by atoms with Crippen LogP contribution >= 0.6 is 15.9 Å². The smallest absolute Gasteiger partial charge is 0.255 e. The summed E-state index contributed by atoms with van der Waals surface area (Å²) in [5, 5.41) is 9.01. The number of hydrogen-bond acceptors (Lipinski definition) is 3. The van der Waals surface area contributed by atoms with Crippen LogP contribution in [0.15, 0.2) is 22.7 Å². The molecule has 0 aromatic heterocycles. The van der Waals surface area contributed by atoms with Gasteiger partial charge < -0.3 is 15.7 Å². The Hall–Kier alpha value is -1.07. The molecule has 19 heavy (non-hydrogen) atoms. The number of likely N-dealkylation sites (tertiary alicyclic amines) is 1. The summed E-state index contributed by atoms with van der Waals surface area (Å²) in [6, 6.07) is 5.35. The zero-order valence-electron chi connectivity index (χ0n) is 10.8. The highest BCUT2D eigenvalue weighted by molar-refractivity contribution is 9.10. The number of aliphatic hydroxyl groups excluding tert-OH is 1. The van der Waals surface area contributed by atoms with Crippen molar-refractivity contribution in [2.75, 3.05) is 25.4 Å². The van der Waals surface area contributed by atoms with Gasteiger partial charge in [-0.2, -0.15) is 0 Å². The highest BCUT2D eigenvalue weighted by atomic mass is 79.9. The minimum absolute atomic E-state index is 0.00682. The molecule has 1 aromatic rings. The molecule has 0 bridgehead atoms. The molecule has 1 fully saturated rings. The molecule has 0 saturated carbocycles. The second-order valence-electron chi connectivity index (χ2n) is 5.00. The number of anilines is 1. The molecule has 1 aromatic carbocycles. The highest BCUT2D eigenvalue weighted by Gasteiger charge is 2.25. The van der Waals surface area contributed by atoms with E-state index in [1.165, 1.54) is 0 Å². The number of carbonyl (C=O) groups excluding carboxylic acids is 1. The normalized spacial score (nSPS) is 19.5. The average Bonchev–Trinajstić information content (AvgIpc) is 2.39. The number of aliphatic hydroxyl groups is 1. The van der Waals surface area contributed by atoms with E-state index in [-0.39, 0.29) is 12.5 Å². The van der Waals surface area contributed by atoms with Crippen molar-refractivity contribution in [3.8, 4) is 0 Å². The van der Waals surface area contributed by atoms with E-state index in [1.54, 1.807) is 12.1 Å². The largest absolute Gasteiger partial charge is 0.398 e. The van der Waals surface area contributed by atoms with Crippen LogP contribution in [0.4, 0.5) is 5.69 Å². The first-order valence-electron chi connectivity index (χ1n) is 6.57. The van der Waals surface area contributed by atoms with Crippen LogP contribution in [0.5, 0.6) is 0 Å². The second-order valence-corrected chi connectivity index (χ2v) is 5.92. The van der Waals surface area contributed by atoms with E-state index in [0.29, 0.717) is 17.2 Å². The number of rotatable bonds is 3. The first kappa shape index (κ1) is 14.3. The Bertz CT molecular complexity index is 463. The zero-order chi connectivity index (χ0) is 13.8. The highest BCUT2D eigenvalue weighted by Crippen LogP contribution is 2.24. The molecule has 2 rings (SSSR count). The molecule has 104 valence electrons. The third-order valence-electron chi connectivity index (χ3n) is 3.59. The first-order valence-corrected chi connectivity index (χ1v) is 7.36. The maximum atomic E-state index is 12.4. The Kier molecular flexibility index (Phi) is 4.82. The maximum absolute atomic E-state index is 12.4. The Morgan fingerprint density at radius 2 is 2.32 bits per heavy atom. The number of nitrogens with two attached hydrogens (primary N) is 1. The van der Waals surface area contributed by atoms with Crippen LogP contribution in [0.3, 0.4) is 0 Å². The molecule has 0 radical (unpaired) electrons. The molecule has 5 heteroatoms. The summed E-state index contributed by atoms with van der Waals surface area (Å²) < 4.78 is 0.873. The van der Waals surface area contributed by atoms with Crippen LogP contribution in [-0.2, 0) is 0 Å². The van der Waals surface area contributed by atoms with E-state index in [9.17, 15) is 4.79 Å². The zero-order valence-corrected chi connectivity index (χ0v) is 12.4.